The molecule has 2 aliphatic heterocycles. The van der Waals surface area contributed by atoms with Gasteiger partial charge in [-0.15, -0.1) is 11.8 Å². The van der Waals surface area contributed by atoms with Gasteiger partial charge in [0, 0.05) is 49.6 Å². The van der Waals surface area contributed by atoms with Gasteiger partial charge in [0.05, 0.1) is 0 Å². The zero-order valence-corrected chi connectivity index (χ0v) is 17.5. The summed E-state index contributed by atoms with van der Waals surface area (Å²) in [5, 5.41) is 0. The number of carbonyl (C=O) groups is 1. The van der Waals surface area contributed by atoms with Crippen LogP contribution in [-0.4, -0.2) is 47.7 Å². The minimum absolute atomic E-state index is 0.131. The lowest BCUT2D eigenvalue weighted by molar-refractivity contribution is -0.132. The first-order valence-corrected chi connectivity index (χ1v) is 11.3. The summed E-state index contributed by atoms with van der Waals surface area (Å²) in [6.07, 6.45) is 3.75. The number of hydrogen-bond acceptors (Lipinski definition) is 4. The molecule has 0 aliphatic carbocycles. The van der Waals surface area contributed by atoms with Crippen LogP contribution in [0.15, 0.2) is 47.4 Å². The number of amides is 1. The molecular weight excluding hydrogens is 368 g/mol. The van der Waals surface area contributed by atoms with Gasteiger partial charge in [0.15, 0.2) is 0 Å². The monoisotopic (exact) mass is 396 g/mol. The second-order valence-corrected chi connectivity index (χ2v) is 8.60. The molecular formula is C23H28N2O2S. The molecule has 0 bridgehead atoms. The van der Waals surface area contributed by atoms with Crippen molar-refractivity contribution in [2.75, 3.05) is 25.9 Å². The van der Waals surface area contributed by atoms with Crippen LogP contribution >= 0.6 is 11.8 Å². The van der Waals surface area contributed by atoms with Gasteiger partial charge >= 0.3 is 0 Å². The van der Waals surface area contributed by atoms with Gasteiger partial charge in [-0.25, -0.2) is 0 Å². The van der Waals surface area contributed by atoms with Crippen LogP contribution in [-0.2, 0) is 24.3 Å². The fourth-order valence-corrected chi connectivity index (χ4v) is 4.59. The Balaban J connectivity index is 1.35. The number of hydrogen-bond donors (Lipinski definition) is 0. The maximum Gasteiger partial charge on any atom is 0.224 e. The molecule has 4 nitrogen and oxygen atoms in total. The molecule has 0 saturated carbocycles. The molecule has 4 rings (SSSR count). The maximum atomic E-state index is 12.9. The lowest BCUT2D eigenvalue weighted by atomic mass is 9.99. The van der Waals surface area contributed by atoms with E-state index in [-0.39, 0.29) is 12.0 Å². The average molecular weight is 397 g/mol. The van der Waals surface area contributed by atoms with Gasteiger partial charge in [0.1, 0.15) is 11.9 Å². The molecule has 148 valence electrons. The number of fused-ring (bicyclic) bond motifs is 2. The molecule has 0 N–H and O–H groups in total. The van der Waals surface area contributed by atoms with Crippen molar-refractivity contribution in [3.8, 4) is 5.75 Å². The molecule has 2 heterocycles. The van der Waals surface area contributed by atoms with Gasteiger partial charge in [-0.1, -0.05) is 24.3 Å². The first-order valence-electron chi connectivity index (χ1n) is 10.0. The Morgan fingerprint density at radius 2 is 2.00 bits per heavy atom. The van der Waals surface area contributed by atoms with Crippen LogP contribution in [0.5, 0.6) is 5.75 Å². The molecule has 1 unspecified atom stereocenters. The number of para-hydroxylation sites is 1. The normalized spacial score (nSPS) is 19.4. The van der Waals surface area contributed by atoms with Crippen molar-refractivity contribution in [2.24, 2.45) is 0 Å². The molecule has 1 amide bonds. The van der Waals surface area contributed by atoms with E-state index in [0.29, 0.717) is 6.42 Å². The summed E-state index contributed by atoms with van der Waals surface area (Å²) < 4.78 is 6.03. The van der Waals surface area contributed by atoms with Crippen LogP contribution in [0.25, 0.3) is 0 Å². The van der Waals surface area contributed by atoms with Gasteiger partial charge in [0.2, 0.25) is 5.91 Å². The first kappa shape index (κ1) is 19.3. The Morgan fingerprint density at radius 1 is 1.14 bits per heavy atom. The SMILES string of the molecule is CSc1ccc2c(c1)CCN(C(=O)CCN1Cc3ccccc3OC(C)C1)C2. The molecule has 1 atom stereocenters. The van der Waals surface area contributed by atoms with Crippen molar-refractivity contribution in [1.29, 1.82) is 0 Å². The van der Waals surface area contributed by atoms with Crippen molar-refractivity contribution in [1.82, 2.24) is 9.80 Å². The maximum absolute atomic E-state index is 12.9. The van der Waals surface area contributed by atoms with E-state index in [9.17, 15) is 4.79 Å². The second-order valence-electron chi connectivity index (χ2n) is 7.72. The lowest BCUT2D eigenvalue weighted by Gasteiger charge is -2.30. The largest absolute Gasteiger partial charge is 0.489 e. The Kier molecular flexibility index (Phi) is 5.93. The average Bonchev–Trinajstić information content (AvgIpc) is 2.88. The zero-order valence-electron chi connectivity index (χ0n) is 16.7. The number of nitrogens with zero attached hydrogens (tertiary/aromatic N) is 2. The molecule has 5 heteroatoms. The standard InChI is InChI=1S/C23H28N2O2S/c1-17-14-24(15-20-5-3-4-6-22(20)27-17)11-10-23(26)25-12-9-18-13-21(28-2)8-7-19(18)16-25/h3-8,13,17H,9-12,14-16H2,1-2H3. The highest BCUT2D eigenvalue weighted by Gasteiger charge is 2.23. The topological polar surface area (TPSA) is 32.8 Å². The highest BCUT2D eigenvalue weighted by atomic mass is 32.2. The van der Waals surface area contributed by atoms with Crippen molar-refractivity contribution in [2.45, 2.75) is 43.9 Å². The van der Waals surface area contributed by atoms with Crippen molar-refractivity contribution >= 4 is 17.7 Å². The van der Waals surface area contributed by atoms with Crippen LogP contribution in [0, 0.1) is 0 Å². The number of benzene rings is 2. The molecule has 0 radical (unpaired) electrons. The summed E-state index contributed by atoms with van der Waals surface area (Å²) in [6, 6.07) is 14.8. The summed E-state index contributed by atoms with van der Waals surface area (Å²) >= 11 is 1.77. The minimum atomic E-state index is 0.131. The third-order valence-corrected chi connectivity index (χ3v) is 6.36. The van der Waals surface area contributed by atoms with E-state index in [1.807, 2.05) is 17.0 Å². The molecule has 2 aliphatic rings. The van der Waals surface area contributed by atoms with Gasteiger partial charge in [-0.05, 0) is 48.9 Å². The van der Waals surface area contributed by atoms with E-state index in [0.717, 1.165) is 44.9 Å². The van der Waals surface area contributed by atoms with Crippen LogP contribution in [0.3, 0.4) is 0 Å². The fraction of sp³-hybridized carbons (Fsp3) is 0.435. The predicted molar refractivity (Wildman–Crippen MR) is 114 cm³/mol. The molecule has 0 spiro atoms. The fourth-order valence-electron chi connectivity index (χ4n) is 4.12. The number of rotatable bonds is 4. The Morgan fingerprint density at radius 3 is 2.86 bits per heavy atom. The molecule has 0 saturated heterocycles. The number of thioether (sulfide) groups is 1. The predicted octanol–water partition coefficient (Wildman–Crippen LogP) is 3.97. The Hall–Kier alpha value is -1.98. The summed E-state index contributed by atoms with van der Waals surface area (Å²) in [4.78, 5) is 18.5. The van der Waals surface area contributed by atoms with Crippen LogP contribution in [0.1, 0.15) is 30.0 Å². The molecule has 0 fully saturated rings. The highest BCUT2D eigenvalue weighted by molar-refractivity contribution is 7.98. The molecule has 28 heavy (non-hydrogen) atoms. The third-order valence-electron chi connectivity index (χ3n) is 5.63. The van der Waals surface area contributed by atoms with Gasteiger partial charge < -0.3 is 9.64 Å². The van der Waals surface area contributed by atoms with Crippen molar-refractivity contribution in [3.05, 3.63) is 59.2 Å². The minimum Gasteiger partial charge on any atom is -0.489 e. The van der Waals surface area contributed by atoms with Gasteiger partial charge in [-0.2, -0.15) is 0 Å². The van der Waals surface area contributed by atoms with Gasteiger partial charge in [-0.3, -0.25) is 9.69 Å². The smallest absolute Gasteiger partial charge is 0.224 e. The van der Waals surface area contributed by atoms with Crippen LogP contribution in [0.2, 0.25) is 0 Å². The second kappa shape index (κ2) is 8.58. The van der Waals surface area contributed by atoms with E-state index in [1.165, 1.54) is 21.6 Å². The van der Waals surface area contributed by atoms with Crippen LogP contribution in [0.4, 0.5) is 0 Å². The Bertz CT molecular complexity index is 854. The summed E-state index contributed by atoms with van der Waals surface area (Å²) in [7, 11) is 0. The van der Waals surface area contributed by atoms with Gasteiger partial charge in [0.25, 0.3) is 0 Å². The molecule has 2 aromatic carbocycles. The molecule has 0 aromatic heterocycles. The molecule has 2 aromatic rings. The lowest BCUT2D eigenvalue weighted by Crippen LogP contribution is -2.39. The number of carbonyl (C=O) groups excluding carboxylic acids is 1. The van der Waals surface area contributed by atoms with E-state index in [1.54, 1.807) is 11.8 Å². The summed E-state index contributed by atoms with van der Waals surface area (Å²) in [5.41, 5.74) is 3.89. The summed E-state index contributed by atoms with van der Waals surface area (Å²) in [6.45, 7) is 6.13. The van der Waals surface area contributed by atoms with E-state index in [4.69, 9.17) is 4.74 Å². The van der Waals surface area contributed by atoms with E-state index < -0.39 is 0 Å². The number of ether oxygens (including phenoxy) is 1. The van der Waals surface area contributed by atoms with Crippen molar-refractivity contribution < 1.29 is 9.53 Å². The summed E-state index contributed by atoms with van der Waals surface area (Å²) in [5.74, 6) is 1.23. The van der Waals surface area contributed by atoms with E-state index in [2.05, 4.69) is 48.4 Å². The zero-order chi connectivity index (χ0) is 19.5. The first-order chi connectivity index (χ1) is 13.6. The quantitative estimate of drug-likeness (QED) is 0.732. The van der Waals surface area contributed by atoms with Crippen molar-refractivity contribution in [3.63, 3.8) is 0 Å². The Labute approximate surface area is 171 Å². The third kappa shape index (κ3) is 4.36. The van der Waals surface area contributed by atoms with Crippen LogP contribution < -0.4 is 4.74 Å². The highest BCUT2D eigenvalue weighted by Crippen LogP contribution is 2.26. The van der Waals surface area contributed by atoms with E-state index >= 15 is 0 Å².